The highest BCUT2D eigenvalue weighted by molar-refractivity contribution is 5.79. The number of aryl methyl sites for hydroxylation is 2. The van der Waals surface area contributed by atoms with Crippen LogP contribution in [0.5, 0.6) is 5.75 Å². The number of benzene rings is 1. The highest BCUT2D eigenvalue weighted by Gasteiger charge is 2.46. The molecule has 4 nitrogen and oxygen atoms in total. The Hall–Kier alpha value is -1.55. The Balaban J connectivity index is 2.07. The predicted molar refractivity (Wildman–Crippen MR) is 82.8 cm³/mol. The first-order valence-corrected chi connectivity index (χ1v) is 7.69. The van der Waals surface area contributed by atoms with Crippen molar-refractivity contribution in [1.29, 1.82) is 0 Å². The van der Waals surface area contributed by atoms with Gasteiger partial charge in [0, 0.05) is 6.42 Å². The maximum atomic E-state index is 11.6. The molecule has 1 aromatic carbocycles. The average molecular weight is 291 g/mol. The van der Waals surface area contributed by atoms with E-state index in [1.807, 2.05) is 32.9 Å². The van der Waals surface area contributed by atoms with Gasteiger partial charge < -0.3 is 15.2 Å². The van der Waals surface area contributed by atoms with E-state index in [2.05, 4.69) is 11.4 Å². The van der Waals surface area contributed by atoms with E-state index in [9.17, 15) is 9.90 Å². The quantitative estimate of drug-likeness (QED) is 0.845. The molecule has 0 aromatic heterocycles. The maximum Gasteiger partial charge on any atom is 0.324 e. The van der Waals surface area contributed by atoms with Crippen LogP contribution in [0.3, 0.4) is 0 Å². The molecule has 116 valence electrons. The average Bonchev–Trinajstić information content (AvgIpc) is 2.85. The van der Waals surface area contributed by atoms with Crippen LogP contribution in [-0.2, 0) is 4.79 Å². The molecule has 0 spiro atoms. The van der Waals surface area contributed by atoms with E-state index in [1.165, 1.54) is 0 Å². The van der Waals surface area contributed by atoms with Gasteiger partial charge in [0.05, 0.1) is 0 Å². The second kappa shape index (κ2) is 6.48. The van der Waals surface area contributed by atoms with Gasteiger partial charge in [-0.1, -0.05) is 19.1 Å². The first-order valence-electron chi connectivity index (χ1n) is 7.69. The Morgan fingerprint density at radius 2 is 2.24 bits per heavy atom. The van der Waals surface area contributed by atoms with Crippen molar-refractivity contribution in [2.45, 2.75) is 58.1 Å². The monoisotopic (exact) mass is 291 g/mol. The number of hydrogen-bond donors (Lipinski definition) is 2. The van der Waals surface area contributed by atoms with Crippen molar-refractivity contribution in [1.82, 2.24) is 5.32 Å². The summed E-state index contributed by atoms with van der Waals surface area (Å²) in [5, 5.41) is 12.8. The van der Waals surface area contributed by atoms with Crippen LogP contribution < -0.4 is 10.1 Å². The lowest BCUT2D eigenvalue weighted by molar-refractivity contribution is -0.144. The van der Waals surface area contributed by atoms with Crippen molar-refractivity contribution in [3.8, 4) is 5.75 Å². The SMILES string of the molecule is CCCNC1(C(=O)O)CCC(Oc2cc(C)ccc2C)C1. The van der Waals surface area contributed by atoms with Gasteiger partial charge in [-0.2, -0.15) is 0 Å². The van der Waals surface area contributed by atoms with Crippen LogP contribution in [0.15, 0.2) is 18.2 Å². The molecule has 2 rings (SSSR count). The second-order valence-electron chi connectivity index (χ2n) is 6.07. The largest absolute Gasteiger partial charge is 0.490 e. The zero-order chi connectivity index (χ0) is 15.5. The minimum atomic E-state index is -0.821. The van der Waals surface area contributed by atoms with Gasteiger partial charge in [-0.05, 0) is 56.8 Å². The van der Waals surface area contributed by atoms with Gasteiger partial charge in [-0.3, -0.25) is 4.79 Å². The summed E-state index contributed by atoms with van der Waals surface area (Å²) >= 11 is 0. The van der Waals surface area contributed by atoms with E-state index in [0.717, 1.165) is 36.3 Å². The second-order valence-corrected chi connectivity index (χ2v) is 6.07. The normalized spacial score (nSPS) is 25.0. The Bertz CT molecular complexity index is 515. The van der Waals surface area contributed by atoms with Gasteiger partial charge in [-0.25, -0.2) is 0 Å². The molecule has 0 amide bonds. The Morgan fingerprint density at radius 1 is 1.48 bits per heavy atom. The van der Waals surface area contributed by atoms with Gasteiger partial charge >= 0.3 is 5.97 Å². The van der Waals surface area contributed by atoms with Crippen molar-refractivity contribution >= 4 is 5.97 Å². The highest BCUT2D eigenvalue weighted by atomic mass is 16.5. The lowest BCUT2D eigenvalue weighted by Crippen LogP contribution is -2.50. The summed E-state index contributed by atoms with van der Waals surface area (Å²) in [5.41, 5.74) is 1.43. The molecule has 0 aliphatic heterocycles. The van der Waals surface area contributed by atoms with Crippen LogP contribution in [0.2, 0.25) is 0 Å². The number of hydrogen-bond acceptors (Lipinski definition) is 3. The summed E-state index contributed by atoms with van der Waals surface area (Å²) < 4.78 is 6.07. The third kappa shape index (κ3) is 3.56. The molecule has 4 heteroatoms. The van der Waals surface area contributed by atoms with Crippen molar-refractivity contribution in [2.75, 3.05) is 6.54 Å². The molecule has 2 unspecified atom stereocenters. The molecule has 0 bridgehead atoms. The Morgan fingerprint density at radius 3 is 2.90 bits per heavy atom. The molecular weight excluding hydrogens is 266 g/mol. The summed E-state index contributed by atoms with van der Waals surface area (Å²) in [7, 11) is 0. The Labute approximate surface area is 126 Å². The number of nitrogens with one attached hydrogen (secondary N) is 1. The molecule has 1 aliphatic carbocycles. The first-order chi connectivity index (χ1) is 9.97. The van der Waals surface area contributed by atoms with E-state index >= 15 is 0 Å². The molecule has 2 atom stereocenters. The van der Waals surface area contributed by atoms with Crippen molar-refractivity contribution in [3.63, 3.8) is 0 Å². The number of ether oxygens (including phenoxy) is 1. The minimum Gasteiger partial charge on any atom is -0.490 e. The smallest absolute Gasteiger partial charge is 0.324 e. The molecule has 0 heterocycles. The van der Waals surface area contributed by atoms with Crippen molar-refractivity contribution < 1.29 is 14.6 Å². The van der Waals surface area contributed by atoms with E-state index in [-0.39, 0.29) is 6.10 Å². The van der Waals surface area contributed by atoms with Crippen LogP contribution in [0.4, 0.5) is 0 Å². The zero-order valence-corrected chi connectivity index (χ0v) is 13.1. The zero-order valence-electron chi connectivity index (χ0n) is 13.1. The van der Waals surface area contributed by atoms with Gasteiger partial charge in [0.15, 0.2) is 0 Å². The first kappa shape index (κ1) is 15.8. The summed E-state index contributed by atoms with van der Waals surface area (Å²) in [4.78, 5) is 11.6. The molecule has 1 saturated carbocycles. The number of carbonyl (C=O) groups is 1. The molecule has 1 aromatic rings. The van der Waals surface area contributed by atoms with Crippen LogP contribution in [0, 0.1) is 13.8 Å². The molecule has 1 fully saturated rings. The third-order valence-corrected chi connectivity index (χ3v) is 4.23. The molecule has 21 heavy (non-hydrogen) atoms. The fourth-order valence-electron chi connectivity index (χ4n) is 2.91. The lowest BCUT2D eigenvalue weighted by Gasteiger charge is -2.26. The topological polar surface area (TPSA) is 58.6 Å². The minimum absolute atomic E-state index is 0.0362. The third-order valence-electron chi connectivity index (χ3n) is 4.23. The van der Waals surface area contributed by atoms with E-state index in [0.29, 0.717) is 12.8 Å². The molecule has 2 N–H and O–H groups in total. The lowest BCUT2D eigenvalue weighted by atomic mass is 9.97. The summed E-state index contributed by atoms with van der Waals surface area (Å²) in [5.74, 6) is 0.111. The van der Waals surface area contributed by atoms with Crippen LogP contribution in [-0.4, -0.2) is 29.3 Å². The predicted octanol–water partition coefficient (Wildman–Crippen LogP) is 3.06. The molecular formula is C17H25NO3. The van der Waals surface area contributed by atoms with Crippen molar-refractivity contribution in [3.05, 3.63) is 29.3 Å². The van der Waals surface area contributed by atoms with E-state index in [1.54, 1.807) is 0 Å². The van der Waals surface area contributed by atoms with Gasteiger partial charge in [-0.15, -0.1) is 0 Å². The van der Waals surface area contributed by atoms with Crippen LogP contribution >= 0.6 is 0 Å². The number of carboxylic acids is 1. The van der Waals surface area contributed by atoms with Crippen LogP contribution in [0.1, 0.15) is 43.7 Å². The van der Waals surface area contributed by atoms with Gasteiger partial charge in [0.25, 0.3) is 0 Å². The molecule has 0 saturated heterocycles. The highest BCUT2D eigenvalue weighted by Crippen LogP contribution is 2.34. The fraction of sp³-hybridized carbons (Fsp3) is 0.588. The fourth-order valence-corrected chi connectivity index (χ4v) is 2.91. The number of carboxylic acid groups (broad SMARTS) is 1. The summed E-state index contributed by atoms with van der Waals surface area (Å²) in [6.45, 7) is 6.82. The summed E-state index contributed by atoms with van der Waals surface area (Å²) in [6.07, 6.45) is 2.81. The number of rotatable bonds is 6. The standard InChI is InChI=1S/C17H25NO3/c1-4-9-18-17(16(19)20)8-7-14(11-17)21-15-10-12(2)5-6-13(15)3/h5-6,10,14,18H,4,7-9,11H2,1-3H3,(H,19,20). The van der Waals surface area contributed by atoms with E-state index < -0.39 is 11.5 Å². The van der Waals surface area contributed by atoms with Crippen molar-refractivity contribution in [2.24, 2.45) is 0 Å². The molecule has 0 radical (unpaired) electrons. The van der Waals surface area contributed by atoms with Gasteiger partial charge in [0.1, 0.15) is 17.4 Å². The summed E-state index contributed by atoms with van der Waals surface area (Å²) in [6, 6.07) is 6.12. The van der Waals surface area contributed by atoms with E-state index in [4.69, 9.17) is 4.74 Å². The molecule has 1 aliphatic rings. The maximum absolute atomic E-state index is 11.6. The van der Waals surface area contributed by atoms with Gasteiger partial charge in [0.2, 0.25) is 0 Å². The van der Waals surface area contributed by atoms with Crippen LogP contribution in [0.25, 0.3) is 0 Å². The number of aliphatic carboxylic acids is 1. The Kier molecular flexibility index (Phi) is 4.88.